The Morgan fingerprint density at radius 1 is 1.14 bits per heavy atom. The van der Waals surface area contributed by atoms with Gasteiger partial charge in [0.15, 0.2) is 0 Å². The second kappa shape index (κ2) is 4.39. The monoisotopic (exact) mass is 302 g/mol. The molecule has 4 unspecified atom stereocenters. The predicted molar refractivity (Wildman–Crippen MR) is 87.4 cm³/mol. The number of carbonyl (C=O) groups is 1. The van der Waals surface area contributed by atoms with Gasteiger partial charge in [-0.05, 0) is 86.9 Å². The lowest BCUT2D eigenvalue weighted by Gasteiger charge is -2.63. The first-order valence-corrected chi connectivity index (χ1v) is 9.23. The number of allylic oxidation sites excluding steroid dienone is 1. The first-order chi connectivity index (χ1) is 10.3. The van der Waals surface area contributed by atoms with Crippen molar-refractivity contribution in [2.24, 2.45) is 34.0 Å². The van der Waals surface area contributed by atoms with Crippen LogP contribution in [0.1, 0.15) is 71.6 Å². The van der Waals surface area contributed by atoms with Crippen LogP contribution in [0.3, 0.4) is 0 Å². The Hall–Kier alpha value is -0.790. The fraction of sp³-hybridized carbons (Fsp3) is 0.850. The molecule has 4 aliphatic rings. The predicted octanol–water partition coefficient (Wildman–Crippen LogP) is 5.04. The van der Waals surface area contributed by atoms with Gasteiger partial charge in [-0.25, -0.2) is 0 Å². The van der Waals surface area contributed by atoms with Crippen molar-refractivity contribution in [1.29, 1.82) is 0 Å². The van der Waals surface area contributed by atoms with E-state index in [2.05, 4.69) is 13.5 Å². The van der Waals surface area contributed by atoms with Gasteiger partial charge in [-0.3, -0.25) is 4.79 Å². The fourth-order valence-electron chi connectivity index (χ4n) is 7.61. The second-order valence-electron chi connectivity index (χ2n) is 9.40. The first kappa shape index (κ1) is 14.8. The first-order valence-electron chi connectivity index (χ1n) is 9.23. The van der Waals surface area contributed by atoms with E-state index in [9.17, 15) is 9.90 Å². The summed E-state index contributed by atoms with van der Waals surface area (Å²) in [5, 5.41) is 9.90. The fourth-order valence-corrected chi connectivity index (χ4v) is 7.61. The second-order valence-corrected chi connectivity index (χ2v) is 9.40. The van der Waals surface area contributed by atoms with Crippen molar-refractivity contribution >= 4 is 5.97 Å². The SMILES string of the molecule is C=C1CC23CC[C@@H]4C(C)(C(=O)O)CCCC4(C)[C@@H]2CCC1C3. The normalized spacial score (nSPS) is 53.7. The summed E-state index contributed by atoms with van der Waals surface area (Å²) in [5.41, 5.74) is 1.71. The van der Waals surface area contributed by atoms with Crippen LogP contribution in [0.4, 0.5) is 0 Å². The molecule has 1 N–H and O–H groups in total. The lowest BCUT2D eigenvalue weighted by atomic mass is 9.41. The van der Waals surface area contributed by atoms with Crippen molar-refractivity contribution in [1.82, 2.24) is 0 Å². The number of fused-ring (bicyclic) bond motifs is 3. The highest BCUT2D eigenvalue weighted by molar-refractivity contribution is 5.75. The summed E-state index contributed by atoms with van der Waals surface area (Å²) >= 11 is 0. The molecule has 4 saturated carbocycles. The van der Waals surface area contributed by atoms with Gasteiger partial charge in [-0.2, -0.15) is 0 Å². The van der Waals surface area contributed by atoms with Crippen molar-refractivity contribution in [3.05, 3.63) is 12.2 Å². The molecule has 1 spiro atoms. The number of carboxylic acids is 1. The van der Waals surface area contributed by atoms with Crippen LogP contribution in [0, 0.1) is 34.0 Å². The number of hydrogen-bond donors (Lipinski definition) is 1. The molecule has 0 amide bonds. The molecule has 4 fully saturated rings. The summed E-state index contributed by atoms with van der Waals surface area (Å²) in [6.07, 6.45) is 10.8. The van der Waals surface area contributed by atoms with Gasteiger partial charge in [0, 0.05) is 0 Å². The van der Waals surface area contributed by atoms with Gasteiger partial charge in [-0.1, -0.05) is 25.5 Å². The number of rotatable bonds is 1. The minimum absolute atomic E-state index is 0.235. The van der Waals surface area contributed by atoms with Crippen LogP contribution >= 0.6 is 0 Å². The Morgan fingerprint density at radius 3 is 2.64 bits per heavy atom. The lowest BCUT2D eigenvalue weighted by molar-refractivity contribution is -0.181. The Bertz CT molecular complexity index is 538. The van der Waals surface area contributed by atoms with E-state index in [1.165, 1.54) is 44.1 Å². The maximum atomic E-state index is 12.0. The lowest BCUT2D eigenvalue weighted by Crippen LogP contribution is -2.58. The molecular formula is C20H30O2. The molecule has 122 valence electrons. The number of aliphatic carboxylic acids is 1. The smallest absolute Gasteiger partial charge is 0.309 e. The summed E-state index contributed by atoms with van der Waals surface area (Å²) in [5.74, 6) is 1.32. The van der Waals surface area contributed by atoms with Gasteiger partial charge >= 0.3 is 5.97 Å². The quantitative estimate of drug-likeness (QED) is 0.689. The molecule has 0 saturated heterocycles. The van der Waals surface area contributed by atoms with Gasteiger partial charge in [0.1, 0.15) is 0 Å². The number of hydrogen-bond acceptors (Lipinski definition) is 1. The van der Waals surface area contributed by atoms with Gasteiger partial charge in [0.05, 0.1) is 5.41 Å². The topological polar surface area (TPSA) is 37.3 Å². The van der Waals surface area contributed by atoms with Crippen LogP contribution in [0.25, 0.3) is 0 Å². The molecule has 22 heavy (non-hydrogen) atoms. The molecule has 2 bridgehead atoms. The molecule has 0 radical (unpaired) electrons. The van der Waals surface area contributed by atoms with Crippen LogP contribution in [-0.4, -0.2) is 11.1 Å². The zero-order valence-corrected chi connectivity index (χ0v) is 14.2. The van der Waals surface area contributed by atoms with E-state index >= 15 is 0 Å². The average Bonchev–Trinajstić information content (AvgIpc) is 2.68. The van der Waals surface area contributed by atoms with Crippen LogP contribution < -0.4 is 0 Å². The molecule has 2 heteroatoms. The van der Waals surface area contributed by atoms with E-state index in [1.807, 2.05) is 6.92 Å². The molecule has 6 atom stereocenters. The summed E-state index contributed by atoms with van der Waals surface area (Å²) < 4.78 is 0. The molecule has 4 aliphatic carbocycles. The standard InChI is InChI=1S/C20H30O2/c1-13-11-20-10-7-15-18(2,16(20)6-5-14(13)12-20)8-4-9-19(15,3)17(21)22/h14-16H,1,4-12H2,2-3H3,(H,21,22)/t14?,15-,16-,18?,19?,20?/m0/s1. The number of carboxylic acid groups (broad SMARTS) is 1. The van der Waals surface area contributed by atoms with Gasteiger partial charge in [0.2, 0.25) is 0 Å². The Morgan fingerprint density at radius 2 is 1.91 bits per heavy atom. The van der Waals surface area contributed by atoms with E-state index in [0.29, 0.717) is 11.3 Å². The summed E-state index contributed by atoms with van der Waals surface area (Å²) in [7, 11) is 0. The van der Waals surface area contributed by atoms with E-state index in [4.69, 9.17) is 0 Å². The van der Waals surface area contributed by atoms with E-state index in [-0.39, 0.29) is 5.41 Å². The van der Waals surface area contributed by atoms with Crippen LogP contribution in [0.15, 0.2) is 12.2 Å². The Kier molecular flexibility index (Phi) is 2.95. The summed E-state index contributed by atoms with van der Waals surface area (Å²) in [4.78, 5) is 12.0. The van der Waals surface area contributed by atoms with Gasteiger partial charge in [0.25, 0.3) is 0 Å². The van der Waals surface area contributed by atoms with Crippen LogP contribution in [0.2, 0.25) is 0 Å². The minimum atomic E-state index is -0.552. The van der Waals surface area contributed by atoms with Crippen molar-refractivity contribution in [2.45, 2.75) is 71.6 Å². The third kappa shape index (κ3) is 1.65. The summed E-state index contributed by atoms with van der Waals surface area (Å²) in [6, 6.07) is 0. The molecule has 0 heterocycles. The Balaban J connectivity index is 1.75. The highest BCUT2D eigenvalue weighted by Crippen LogP contribution is 2.72. The molecule has 0 aromatic rings. The van der Waals surface area contributed by atoms with Crippen molar-refractivity contribution in [3.8, 4) is 0 Å². The maximum absolute atomic E-state index is 12.0. The van der Waals surface area contributed by atoms with E-state index < -0.39 is 11.4 Å². The van der Waals surface area contributed by atoms with E-state index in [1.54, 1.807) is 0 Å². The average molecular weight is 302 g/mol. The maximum Gasteiger partial charge on any atom is 0.309 e. The van der Waals surface area contributed by atoms with E-state index in [0.717, 1.165) is 31.1 Å². The van der Waals surface area contributed by atoms with Crippen molar-refractivity contribution in [3.63, 3.8) is 0 Å². The molecule has 0 aromatic carbocycles. The largest absolute Gasteiger partial charge is 0.481 e. The zero-order chi connectivity index (χ0) is 15.8. The molecule has 2 nitrogen and oxygen atoms in total. The van der Waals surface area contributed by atoms with Gasteiger partial charge in [-0.15, -0.1) is 0 Å². The molecular weight excluding hydrogens is 272 g/mol. The molecule has 0 aliphatic heterocycles. The molecule has 0 aromatic heterocycles. The zero-order valence-electron chi connectivity index (χ0n) is 14.2. The minimum Gasteiger partial charge on any atom is -0.481 e. The van der Waals surface area contributed by atoms with Gasteiger partial charge < -0.3 is 5.11 Å². The summed E-state index contributed by atoms with van der Waals surface area (Å²) in [6.45, 7) is 8.86. The third-order valence-electron chi connectivity index (χ3n) is 8.54. The van der Waals surface area contributed by atoms with Crippen LogP contribution in [0.5, 0.6) is 0 Å². The third-order valence-corrected chi connectivity index (χ3v) is 8.54. The highest BCUT2D eigenvalue weighted by atomic mass is 16.4. The molecule has 4 rings (SSSR count). The Labute approximate surface area is 134 Å². The van der Waals surface area contributed by atoms with Crippen LogP contribution in [-0.2, 0) is 4.79 Å². The highest BCUT2D eigenvalue weighted by Gasteiger charge is 2.64. The van der Waals surface area contributed by atoms with Crippen molar-refractivity contribution in [2.75, 3.05) is 0 Å². The van der Waals surface area contributed by atoms with Crippen molar-refractivity contribution < 1.29 is 9.90 Å².